The predicted octanol–water partition coefficient (Wildman–Crippen LogP) is 11.3. The number of rotatable bonds is 2. The summed E-state index contributed by atoms with van der Waals surface area (Å²) in [6, 6.07) is 0. The summed E-state index contributed by atoms with van der Waals surface area (Å²) in [5.41, 5.74) is 15.2. The first-order chi connectivity index (χ1) is 20.5. The van der Waals surface area contributed by atoms with Crippen molar-refractivity contribution in [2.24, 2.45) is 28.1 Å². The van der Waals surface area contributed by atoms with Crippen LogP contribution in [0.3, 0.4) is 0 Å². The van der Waals surface area contributed by atoms with Crippen molar-refractivity contribution in [2.75, 3.05) is 0 Å². The Morgan fingerprint density at radius 3 is 2.00 bits per heavy atom. The van der Waals surface area contributed by atoms with Gasteiger partial charge in [0.15, 0.2) is 0 Å². The van der Waals surface area contributed by atoms with Gasteiger partial charge in [0.25, 0.3) is 0 Å². The van der Waals surface area contributed by atoms with Gasteiger partial charge in [-0.05, 0) is 0 Å². The molecule has 0 bridgehead atoms. The molecule has 0 fully saturated rings. The topological polar surface area (TPSA) is 0 Å². The molecule has 1 aromatic rings. The summed E-state index contributed by atoms with van der Waals surface area (Å²) < 4.78 is 1.34. The van der Waals surface area contributed by atoms with Crippen LogP contribution in [0.5, 0.6) is 0 Å². The van der Waals surface area contributed by atoms with E-state index in [0.29, 0.717) is 5.92 Å². The molecule has 5 aliphatic carbocycles. The molecule has 0 aromatic heterocycles. The molecule has 0 spiro atoms. The van der Waals surface area contributed by atoms with Crippen LogP contribution in [0, 0.1) is 28.1 Å². The van der Waals surface area contributed by atoms with Crippen LogP contribution in [0.2, 0.25) is 0 Å². The van der Waals surface area contributed by atoms with Gasteiger partial charge in [-0.1, -0.05) is 0 Å². The second-order valence-corrected chi connectivity index (χ2v) is 26.8. The van der Waals surface area contributed by atoms with Crippen LogP contribution in [0.25, 0.3) is 14.9 Å². The number of halogens is 2. The van der Waals surface area contributed by atoms with Gasteiger partial charge in [0.1, 0.15) is 0 Å². The summed E-state index contributed by atoms with van der Waals surface area (Å²) in [5.74, 6) is 0.628. The fourth-order valence-electron chi connectivity index (χ4n) is 9.62. The van der Waals surface area contributed by atoms with Gasteiger partial charge in [0.05, 0.1) is 0 Å². The van der Waals surface area contributed by atoms with Crippen molar-refractivity contribution in [3.63, 3.8) is 0 Å². The van der Waals surface area contributed by atoms with Crippen LogP contribution >= 0.6 is 17.0 Å². The SMILES string of the molecule is CC(C)=C1C=C2C(=c3c4c(c5c(c3=[C]2[Zr]([Cl])[Cl])C(C)(C)CCC5(C)C)C=CC(C)(C)C4)C(C2=CC(C(C)(C)C)=CC2C)C1(C)C. The molecule has 0 aliphatic heterocycles. The van der Waals surface area contributed by atoms with Crippen LogP contribution in [-0.4, -0.2) is 0 Å². The quantitative estimate of drug-likeness (QED) is 0.285. The molecule has 2 unspecified atom stereocenters. The van der Waals surface area contributed by atoms with E-state index in [-0.39, 0.29) is 33.0 Å². The molecular weight excluding hydrogens is 667 g/mol. The molecule has 45 heavy (non-hydrogen) atoms. The van der Waals surface area contributed by atoms with E-state index in [1.54, 1.807) is 22.3 Å². The number of hydrogen-bond acceptors (Lipinski definition) is 0. The first-order valence-electron chi connectivity index (χ1n) is 17.2. The molecule has 0 heterocycles. The Morgan fingerprint density at radius 1 is 0.867 bits per heavy atom. The molecule has 5 aliphatic rings. The van der Waals surface area contributed by atoms with Crippen LogP contribution < -0.4 is 10.4 Å². The van der Waals surface area contributed by atoms with Crippen molar-refractivity contribution in [1.29, 1.82) is 0 Å². The Labute approximate surface area is 289 Å². The molecule has 0 radical (unpaired) electrons. The maximum atomic E-state index is 7.41. The Morgan fingerprint density at radius 2 is 1.47 bits per heavy atom. The molecule has 2 atom stereocenters. The van der Waals surface area contributed by atoms with Crippen LogP contribution in [-0.2, 0) is 36.6 Å². The van der Waals surface area contributed by atoms with Crippen molar-refractivity contribution in [3.8, 4) is 0 Å². The van der Waals surface area contributed by atoms with Gasteiger partial charge in [-0.25, -0.2) is 0 Å². The molecule has 0 saturated carbocycles. The van der Waals surface area contributed by atoms with Crippen LogP contribution in [0.1, 0.15) is 132 Å². The van der Waals surface area contributed by atoms with E-state index in [1.165, 1.54) is 60.0 Å². The molecule has 1 aromatic carbocycles. The third-order valence-corrected chi connectivity index (χ3v) is 16.4. The fourth-order valence-corrected chi connectivity index (χ4v) is 14.0. The second kappa shape index (κ2) is 10.6. The Balaban J connectivity index is 1.90. The first kappa shape index (κ1) is 34.0. The summed E-state index contributed by atoms with van der Waals surface area (Å²) in [4.78, 5) is 0. The standard InChI is InChI=1S/C42H55.2ClH.Zr/c1-24(2)32-21-26-20-30-34(33(26)35(42(32,13)14)29-22-27(19-25(29)3)38(4,5)6)31-23-39(7,8)16-15-28(31)36-37(30)41(11,12)18-17-40(36,9)10;;;/h15-16,19,21-22,25,35H,17-18,23H2,1-14H3;2*1H;/q;;;+2/p-2. The van der Waals surface area contributed by atoms with Crippen LogP contribution in [0.15, 0.2) is 52.2 Å². The monoisotopic (exact) mass is 719 g/mol. The zero-order valence-corrected chi connectivity index (χ0v) is 34.4. The van der Waals surface area contributed by atoms with E-state index in [4.69, 9.17) is 17.0 Å². The minimum atomic E-state index is -3.00. The second-order valence-electron chi connectivity index (χ2n) is 18.6. The van der Waals surface area contributed by atoms with E-state index < -0.39 is 19.4 Å². The normalized spacial score (nSPS) is 26.8. The Bertz CT molecular complexity index is 1800. The van der Waals surface area contributed by atoms with Crippen molar-refractivity contribution in [2.45, 2.75) is 127 Å². The Hall–Kier alpha value is -0.877. The first-order valence-corrected chi connectivity index (χ1v) is 24.8. The fraction of sp³-hybridized carbons (Fsp3) is 0.571. The maximum absolute atomic E-state index is 7.41. The van der Waals surface area contributed by atoms with Gasteiger partial charge in [-0.15, -0.1) is 0 Å². The Kier molecular flexibility index (Phi) is 7.98. The van der Waals surface area contributed by atoms with E-state index >= 15 is 0 Å². The predicted molar refractivity (Wildman–Crippen MR) is 195 cm³/mol. The molecule has 6 rings (SSSR count). The van der Waals surface area contributed by atoms with Crippen molar-refractivity contribution < 1.29 is 19.4 Å². The minimum absolute atomic E-state index is 0.0439. The molecule has 0 amide bonds. The average molecular weight is 722 g/mol. The summed E-state index contributed by atoms with van der Waals surface area (Å²) in [6.45, 7) is 33.8. The van der Waals surface area contributed by atoms with Gasteiger partial charge in [0.2, 0.25) is 0 Å². The number of benzene rings is 1. The van der Waals surface area contributed by atoms with Crippen molar-refractivity contribution in [1.82, 2.24) is 0 Å². The van der Waals surface area contributed by atoms with Gasteiger partial charge < -0.3 is 0 Å². The number of allylic oxidation sites excluding steroid dienone is 9. The number of hydrogen-bond donors (Lipinski definition) is 0. The molecule has 0 nitrogen and oxygen atoms in total. The zero-order valence-electron chi connectivity index (χ0n) is 30.4. The van der Waals surface area contributed by atoms with E-state index in [2.05, 4.69) is 127 Å². The summed E-state index contributed by atoms with van der Waals surface area (Å²) in [5, 5.41) is 2.97. The summed E-state index contributed by atoms with van der Waals surface area (Å²) in [7, 11) is 14.8. The molecular formula is C42H55Cl2Zr. The third-order valence-electron chi connectivity index (χ3n) is 12.0. The summed E-state index contributed by atoms with van der Waals surface area (Å²) in [6.07, 6.45) is 16.1. The van der Waals surface area contributed by atoms with Gasteiger partial charge in [-0.2, -0.15) is 0 Å². The van der Waals surface area contributed by atoms with E-state index in [1.807, 2.05) is 0 Å². The van der Waals surface area contributed by atoms with Gasteiger partial charge in [0, 0.05) is 0 Å². The molecule has 0 saturated heterocycles. The van der Waals surface area contributed by atoms with Gasteiger partial charge >= 0.3 is 291 Å². The average Bonchev–Trinajstić information content (AvgIpc) is 3.43. The molecule has 0 N–H and O–H groups in total. The molecule has 3 heteroatoms. The van der Waals surface area contributed by atoms with Gasteiger partial charge in [-0.3, -0.25) is 0 Å². The number of fused-ring (bicyclic) bond motifs is 7. The van der Waals surface area contributed by atoms with Crippen LogP contribution in [0.4, 0.5) is 0 Å². The van der Waals surface area contributed by atoms with Crippen molar-refractivity contribution >= 4 is 32.0 Å². The van der Waals surface area contributed by atoms with Crippen molar-refractivity contribution in [3.05, 3.63) is 84.9 Å². The summed E-state index contributed by atoms with van der Waals surface area (Å²) >= 11 is -3.00. The zero-order chi connectivity index (χ0) is 33.4. The van der Waals surface area contributed by atoms with E-state index in [9.17, 15) is 0 Å². The van der Waals surface area contributed by atoms with E-state index in [0.717, 1.165) is 6.42 Å². The molecule has 241 valence electrons. The third kappa shape index (κ3) is 5.14.